The number of likely N-dealkylation sites (tertiary alicyclic amines) is 1. The van der Waals surface area contributed by atoms with Crippen molar-refractivity contribution in [1.29, 1.82) is 0 Å². The Labute approximate surface area is 410 Å². The molecule has 378 valence electrons. The lowest BCUT2D eigenvalue weighted by atomic mass is 9.73. The molecule has 4 aromatic rings. The SMILES string of the molecule is CO[C@H]1/C=C/O[C@@]2(C)Oc3c(C)c(=O)c4c(O)c(c5oc6cc(OCC[N+]7(C(C)(C)C)CCCCC7)ccc6nc5c4c3C2=O)NC(=O)/C(C)=C\C=C\[C@H](C)[C@H](O)[C@@H](C)[C@@H](C)[C@@H](C)[C@H](OC(C)=O)[C@@H]1C. The highest BCUT2D eigenvalue weighted by Gasteiger charge is 2.50. The van der Waals surface area contributed by atoms with Crippen LogP contribution in [0, 0.1) is 36.5 Å². The number of nitrogens with zero attached hydrogens (tertiary/aromatic N) is 2. The summed E-state index contributed by atoms with van der Waals surface area (Å²) in [5.41, 5.74) is -0.141. The number of Topliss-reactive ketones (excluding diaryl/α,β-unsaturated/α-hetero) is 1. The topological polar surface area (TPSA) is 193 Å². The first-order chi connectivity index (χ1) is 32.9. The molecular formula is C55H72N3O12+. The lowest BCUT2D eigenvalue weighted by Gasteiger charge is -2.51. The Morgan fingerprint density at radius 2 is 1.67 bits per heavy atom. The molecule has 0 unspecified atom stereocenters. The molecule has 1 aromatic heterocycles. The van der Waals surface area contributed by atoms with Crippen molar-refractivity contribution < 1.29 is 57.2 Å². The van der Waals surface area contributed by atoms with Crippen LogP contribution in [0.2, 0.25) is 0 Å². The van der Waals surface area contributed by atoms with Crippen LogP contribution in [0.3, 0.4) is 0 Å². The molecule has 9 atom stereocenters. The zero-order valence-corrected chi connectivity index (χ0v) is 43.1. The van der Waals surface area contributed by atoms with Gasteiger partial charge in [-0.2, -0.15) is 0 Å². The van der Waals surface area contributed by atoms with E-state index in [1.165, 1.54) is 53.4 Å². The number of ether oxygens (including phenoxy) is 5. The highest BCUT2D eigenvalue weighted by molar-refractivity contribution is 6.26. The molecule has 4 heterocycles. The van der Waals surface area contributed by atoms with Crippen LogP contribution in [0.1, 0.15) is 111 Å². The van der Waals surface area contributed by atoms with Gasteiger partial charge in [-0.3, -0.25) is 19.2 Å². The second-order valence-corrected chi connectivity index (χ2v) is 21.1. The maximum absolute atomic E-state index is 14.9. The van der Waals surface area contributed by atoms with Crippen molar-refractivity contribution in [2.24, 2.45) is 29.6 Å². The second kappa shape index (κ2) is 20.2. The number of carbonyl (C=O) groups is 3. The van der Waals surface area contributed by atoms with Crippen LogP contribution < -0.4 is 20.2 Å². The third-order valence-electron chi connectivity index (χ3n) is 15.8. The Morgan fingerprint density at radius 3 is 2.33 bits per heavy atom. The molecule has 1 saturated heterocycles. The van der Waals surface area contributed by atoms with Crippen LogP contribution in [0.5, 0.6) is 17.2 Å². The van der Waals surface area contributed by atoms with Crippen LogP contribution in [-0.4, -0.2) is 100 Å². The maximum atomic E-state index is 14.9. The molecule has 15 heteroatoms. The average molecular weight is 967 g/mol. The maximum Gasteiger partial charge on any atom is 0.312 e. The van der Waals surface area contributed by atoms with E-state index < -0.39 is 58.9 Å². The average Bonchev–Trinajstić information content (AvgIpc) is 3.58. The van der Waals surface area contributed by atoms with Gasteiger partial charge < -0.3 is 48.1 Å². The number of carbonyl (C=O) groups excluding carboxylic acids is 3. The van der Waals surface area contributed by atoms with Crippen molar-refractivity contribution in [3.05, 3.63) is 75.7 Å². The minimum atomic E-state index is -2.01. The summed E-state index contributed by atoms with van der Waals surface area (Å²) in [5, 5.41) is 26.3. The summed E-state index contributed by atoms with van der Waals surface area (Å²) in [6.07, 6.45) is 9.39. The number of phenolic OH excluding ortho intramolecular Hbond substituents is 1. The summed E-state index contributed by atoms with van der Waals surface area (Å²) in [7, 11) is 1.51. The Hall–Kier alpha value is -5.77. The Bertz CT molecular complexity index is 2830. The van der Waals surface area contributed by atoms with Gasteiger partial charge in [0.25, 0.3) is 11.7 Å². The molecular weight excluding hydrogens is 895 g/mol. The number of aromatic hydroxyl groups is 1. The Morgan fingerprint density at radius 1 is 0.971 bits per heavy atom. The van der Waals surface area contributed by atoms with Gasteiger partial charge >= 0.3 is 11.8 Å². The number of aromatic nitrogens is 1. The molecule has 3 aromatic carbocycles. The number of benzene rings is 3. The number of methoxy groups -OCH3 is 1. The number of aliphatic hydroxyl groups excluding tert-OH is 1. The van der Waals surface area contributed by atoms with Gasteiger partial charge in [0.1, 0.15) is 47.5 Å². The fourth-order valence-corrected chi connectivity index (χ4v) is 10.8. The molecule has 3 aliphatic heterocycles. The van der Waals surface area contributed by atoms with Crippen molar-refractivity contribution in [3.63, 3.8) is 0 Å². The number of quaternary nitrogens is 1. The highest BCUT2D eigenvalue weighted by Crippen LogP contribution is 2.49. The fraction of sp³-hybridized carbons (Fsp3) is 0.545. The van der Waals surface area contributed by atoms with Gasteiger partial charge in [0.15, 0.2) is 22.3 Å². The molecule has 3 N–H and O–H groups in total. The van der Waals surface area contributed by atoms with Crippen molar-refractivity contribution in [1.82, 2.24) is 4.98 Å². The molecule has 15 nitrogen and oxygen atoms in total. The summed E-state index contributed by atoms with van der Waals surface area (Å²) in [5.74, 6) is -5.37. The van der Waals surface area contributed by atoms with Gasteiger partial charge in [-0.05, 0) is 89.8 Å². The summed E-state index contributed by atoms with van der Waals surface area (Å²) >= 11 is 0. The normalized spacial score (nSPS) is 29.5. The summed E-state index contributed by atoms with van der Waals surface area (Å²) in [6, 6.07) is 5.21. The lowest BCUT2D eigenvalue weighted by molar-refractivity contribution is -0.974. The number of amides is 1. The van der Waals surface area contributed by atoms with E-state index in [2.05, 4.69) is 26.1 Å². The van der Waals surface area contributed by atoms with Crippen LogP contribution >= 0.6 is 0 Å². The lowest BCUT2D eigenvalue weighted by Crippen LogP contribution is -2.63. The van der Waals surface area contributed by atoms with Gasteiger partial charge in [0.05, 0.1) is 48.0 Å². The number of esters is 1. The third-order valence-corrected chi connectivity index (χ3v) is 15.8. The number of allylic oxidation sites excluding steroid dienone is 2. The number of anilines is 1. The Kier molecular flexibility index (Phi) is 15.0. The molecule has 4 bridgehead atoms. The number of piperidine rings is 1. The first-order valence-corrected chi connectivity index (χ1v) is 24.7. The molecule has 0 radical (unpaired) electrons. The van der Waals surface area contributed by atoms with Gasteiger partial charge in [0.2, 0.25) is 0 Å². The number of hydrogen-bond acceptors (Lipinski definition) is 13. The molecule has 3 aliphatic rings. The molecule has 0 aliphatic carbocycles. The third kappa shape index (κ3) is 9.68. The van der Waals surface area contributed by atoms with Gasteiger partial charge in [0, 0.05) is 55.4 Å². The van der Waals surface area contributed by atoms with Crippen molar-refractivity contribution in [3.8, 4) is 17.2 Å². The minimum absolute atomic E-state index is 0.0112. The summed E-state index contributed by atoms with van der Waals surface area (Å²) < 4.78 is 38.2. The number of phenols is 1. The molecule has 70 heavy (non-hydrogen) atoms. The van der Waals surface area contributed by atoms with E-state index in [0.717, 1.165) is 24.1 Å². The molecule has 0 spiro atoms. The molecule has 7 rings (SSSR count). The van der Waals surface area contributed by atoms with E-state index in [0.29, 0.717) is 17.9 Å². The Balaban J connectivity index is 1.38. The zero-order chi connectivity index (χ0) is 51.2. The van der Waals surface area contributed by atoms with E-state index in [-0.39, 0.29) is 84.8 Å². The van der Waals surface area contributed by atoms with E-state index in [1.807, 2.05) is 34.6 Å². The number of aliphatic hydroxyl groups is 1. The smallest absolute Gasteiger partial charge is 0.312 e. The van der Waals surface area contributed by atoms with E-state index in [4.69, 9.17) is 33.1 Å². The van der Waals surface area contributed by atoms with Crippen LogP contribution in [-0.2, 0) is 23.8 Å². The molecule has 0 saturated carbocycles. The van der Waals surface area contributed by atoms with Crippen LogP contribution in [0.4, 0.5) is 5.69 Å². The number of ketones is 1. The zero-order valence-electron chi connectivity index (χ0n) is 43.1. The highest BCUT2D eigenvalue weighted by atomic mass is 16.7. The van der Waals surface area contributed by atoms with Crippen molar-refractivity contribution in [2.45, 2.75) is 132 Å². The number of hydrogen-bond donors (Lipinski definition) is 3. The molecule has 1 amide bonds. The summed E-state index contributed by atoms with van der Waals surface area (Å²) in [4.78, 5) is 61.0. The van der Waals surface area contributed by atoms with E-state index in [9.17, 15) is 29.4 Å². The van der Waals surface area contributed by atoms with Crippen molar-refractivity contribution >= 4 is 56.3 Å². The van der Waals surface area contributed by atoms with Crippen molar-refractivity contribution in [2.75, 3.05) is 38.7 Å². The van der Waals surface area contributed by atoms with Gasteiger partial charge in [-0.1, -0.05) is 52.8 Å². The standard InChI is InChI=1S/C55H71N3O12/c1-29-18-17-19-30(2)53(64)57-45-48(62)42-41(44-51(45)69-40-28-37(20-21-38(40)56-44)66-27-25-58(54(9,10)11)23-15-14-16-24-58)43-50(35(7)47(42)61)70-55(12,52(43)63)67-26-22-39(65-13)34(6)49(68-36(8)59)33(5)31(3)32(4)46(29)60/h17-22,26,28-29,31-34,39,46,49,60H,14-16,23-25,27H2,1-13H3,(H-,56,57,61,62,63,64)/p+1/b18-17+,26-22+,30-19-/t29-,31+,32-,33+,34+,39-,46-,49-,55-/m0/s1. The molecule has 1 fully saturated rings. The van der Waals surface area contributed by atoms with Gasteiger partial charge in [-0.25, -0.2) is 4.98 Å². The van der Waals surface area contributed by atoms with Crippen LogP contribution in [0.25, 0.3) is 33.0 Å². The largest absolute Gasteiger partial charge is 0.505 e. The monoisotopic (exact) mass is 967 g/mol. The predicted molar refractivity (Wildman–Crippen MR) is 269 cm³/mol. The van der Waals surface area contributed by atoms with Gasteiger partial charge in [-0.15, -0.1) is 0 Å². The fourth-order valence-electron chi connectivity index (χ4n) is 10.8. The van der Waals surface area contributed by atoms with E-state index in [1.54, 1.807) is 49.4 Å². The second-order valence-electron chi connectivity index (χ2n) is 21.1. The first kappa shape index (κ1) is 52.1. The number of fused-ring (bicyclic) bond motifs is 2. The summed E-state index contributed by atoms with van der Waals surface area (Å²) in [6.45, 7) is 25.8. The van der Waals surface area contributed by atoms with Crippen LogP contribution in [0.15, 0.2) is 63.6 Å². The number of rotatable bonds is 6. The van der Waals surface area contributed by atoms with E-state index >= 15 is 0 Å². The minimum Gasteiger partial charge on any atom is -0.505 e. The first-order valence-electron chi connectivity index (χ1n) is 24.7. The quantitative estimate of drug-likeness (QED) is 0.0545. The number of nitrogens with one attached hydrogen (secondary N) is 1. The predicted octanol–water partition coefficient (Wildman–Crippen LogP) is 9.45.